The van der Waals surface area contributed by atoms with Gasteiger partial charge in [-0.3, -0.25) is 0 Å². The standard InChI is InChI=1S/C5H8OS2/c7-5-1-3-8-4-2-6-5/h1-4H2. The lowest BCUT2D eigenvalue weighted by Gasteiger charge is -1.97. The molecule has 0 spiro atoms. The van der Waals surface area contributed by atoms with Crippen LogP contribution in [0.2, 0.25) is 0 Å². The second-order valence-electron chi connectivity index (χ2n) is 1.58. The summed E-state index contributed by atoms with van der Waals surface area (Å²) in [6.45, 7) is 0.809. The SMILES string of the molecule is S=C1CCSCCO1. The first kappa shape index (κ1) is 6.36. The molecular weight excluding hydrogens is 140 g/mol. The van der Waals surface area contributed by atoms with Gasteiger partial charge in [0.1, 0.15) is 0 Å². The molecule has 0 unspecified atom stereocenters. The highest BCUT2D eigenvalue weighted by molar-refractivity contribution is 7.99. The Morgan fingerprint density at radius 3 is 3.25 bits per heavy atom. The van der Waals surface area contributed by atoms with E-state index in [0.29, 0.717) is 0 Å². The Morgan fingerprint density at radius 1 is 1.50 bits per heavy atom. The highest BCUT2D eigenvalue weighted by Gasteiger charge is 2.02. The van der Waals surface area contributed by atoms with E-state index in [-0.39, 0.29) is 0 Å². The van der Waals surface area contributed by atoms with Crippen molar-refractivity contribution in [2.45, 2.75) is 6.42 Å². The largest absolute Gasteiger partial charge is 0.486 e. The van der Waals surface area contributed by atoms with Gasteiger partial charge in [0.15, 0.2) is 5.05 Å². The fraction of sp³-hybridized carbons (Fsp3) is 0.800. The lowest BCUT2D eigenvalue weighted by molar-refractivity contribution is 0.335. The number of ether oxygens (including phenoxy) is 1. The third kappa shape index (κ3) is 2.01. The van der Waals surface area contributed by atoms with Crippen molar-refractivity contribution in [1.82, 2.24) is 0 Å². The maximum absolute atomic E-state index is 5.11. The molecule has 1 heterocycles. The van der Waals surface area contributed by atoms with E-state index in [2.05, 4.69) is 0 Å². The van der Waals surface area contributed by atoms with Crippen LogP contribution in [0.3, 0.4) is 0 Å². The van der Waals surface area contributed by atoms with Crippen molar-refractivity contribution >= 4 is 29.0 Å². The summed E-state index contributed by atoms with van der Waals surface area (Å²) in [6, 6.07) is 0. The lowest BCUT2D eigenvalue weighted by atomic mass is 10.5. The van der Waals surface area contributed by atoms with Gasteiger partial charge in [-0.2, -0.15) is 11.8 Å². The summed E-state index contributed by atoms with van der Waals surface area (Å²) >= 11 is 6.76. The molecule has 0 radical (unpaired) electrons. The first-order chi connectivity index (χ1) is 3.89. The van der Waals surface area contributed by atoms with Crippen LogP contribution in [0.1, 0.15) is 6.42 Å². The molecule has 0 saturated carbocycles. The molecule has 0 aromatic carbocycles. The van der Waals surface area contributed by atoms with Crippen molar-refractivity contribution in [3.63, 3.8) is 0 Å². The Bertz CT molecular complexity index is 82.4. The molecule has 3 heteroatoms. The van der Waals surface area contributed by atoms with Gasteiger partial charge in [-0.1, -0.05) is 0 Å². The second-order valence-corrected chi connectivity index (χ2v) is 3.26. The molecule has 1 nitrogen and oxygen atoms in total. The van der Waals surface area contributed by atoms with E-state index in [1.165, 1.54) is 0 Å². The second kappa shape index (κ2) is 3.30. The topological polar surface area (TPSA) is 9.23 Å². The molecular formula is C5H8OS2. The van der Waals surface area contributed by atoms with Gasteiger partial charge in [-0.15, -0.1) is 0 Å². The van der Waals surface area contributed by atoms with Crippen LogP contribution in [0.15, 0.2) is 0 Å². The summed E-state index contributed by atoms with van der Waals surface area (Å²) in [5, 5.41) is 0.787. The molecule has 1 saturated heterocycles. The number of thiocarbonyl (C=S) groups is 1. The normalized spacial score (nSPS) is 21.8. The van der Waals surface area contributed by atoms with E-state index < -0.39 is 0 Å². The van der Waals surface area contributed by atoms with Crippen molar-refractivity contribution in [3.8, 4) is 0 Å². The van der Waals surface area contributed by atoms with Crippen molar-refractivity contribution in [1.29, 1.82) is 0 Å². The van der Waals surface area contributed by atoms with Crippen LogP contribution < -0.4 is 0 Å². The highest BCUT2D eigenvalue weighted by atomic mass is 32.2. The minimum Gasteiger partial charge on any atom is -0.486 e. The fourth-order valence-electron chi connectivity index (χ4n) is 0.544. The zero-order valence-electron chi connectivity index (χ0n) is 4.55. The molecule has 0 aromatic rings. The molecule has 1 fully saturated rings. The van der Waals surface area contributed by atoms with E-state index in [1.807, 2.05) is 11.8 Å². The molecule has 0 atom stereocenters. The summed E-state index contributed by atoms with van der Waals surface area (Å²) in [7, 11) is 0. The molecule has 0 aliphatic carbocycles. The molecule has 0 aromatic heterocycles. The van der Waals surface area contributed by atoms with Crippen molar-refractivity contribution in [2.24, 2.45) is 0 Å². The van der Waals surface area contributed by atoms with E-state index in [1.54, 1.807) is 0 Å². The Kier molecular flexibility index (Phi) is 2.63. The average molecular weight is 148 g/mol. The van der Waals surface area contributed by atoms with Crippen LogP contribution in [-0.4, -0.2) is 23.2 Å². The van der Waals surface area contributed by atoms with Crippen LogP contribution in [0.25, 0.3) is 0 Å². The quantitative estimate of drug-likeness (QED) is 0.481. The molecule has 0 N–H and O–H groups in total. The Morgan fingerprint density at radius 2 is 2.38 bits per heavy atom. The van der Waals surface area contributed by atoms with Crippen molar-refractivity contribution in [2.75, 3.05) is 18.1 Å². The minimum absolute atomic E-state index is 0.787. The Hall–Kier alpha value is 0.240. The summed E-state index contributed by atoms with van der Waals surface area (Å²) in [4.78, 5) is 0. The number of rotatable bonds is 0. The van der Waals surface area contributed by atoms with E-state index >= 15 is 0 Å². The zero-order chi connectivity index (χ0) is 5.82. The Labute approximate surface area is 58.8 Å². The maximum Gasteiger partial charge on any atom is 0.160 e. The first-order valence-electron chi connectivity index (χ1n) is 2.63. The summed E-state index contributed by atoms with van der Waals surface area (Å²) < 4.78 is 5.11. The summed E-state index contributed by atoms with van der Waals surface area (Å²) in [5.41, 5.74) is 0. The highest BCUT2D eigenvalue weighted by Crippen LogP contribution is 2.08. The number of hydrogen-bond donors (Lipinski definition) is 0. The monoisotopic (exact) mass is 148 g/mol. The van der Waals surface area contributed by atoms with Crippen LogP contribution in [0.4, 0.5) is 0 Å². The van der Waals surface area contributed by atoms with Gasteiger partial charge in [-0.05, 0) is 12.2 Å². The summed E-state index contributed by atoms with van der Waals surface area (Å²) in [5.74, 6) is 2.24. The zero-order valence-corrected chi connectivity index (χ0v) is 6.19. The number of hydrogen-bond acceptors (Lipinski definition) is 3. The van der Waals surface area contributed by atoms with E-state index in [0.717, 1.165) is 29.6 Å². The number of thioether (sulfide) groups is 1. The molecule has 1 aliphatic heterocycles. The third-order valence-electron chi connectivity index (χ3n) is 0.941. The molecule has 0 bridgehead atoms. The van der Waals surface area contributed by atoms with E-state index in [4.69, 9.17) is 17.0 Å². The van der Waals surface area contributed by atoms with Gasteiger partial charge < -0.3 is 4.74 Å². The minimum atomic E-state index is 0.787. The smallest absolute Gasteiger partial charge is 0.160 e. The predicted molar refractivity (Wildman–Crippen MR) is 40.5 cm³/mol. The summed E-state index contributed by atoms with van der Waals surface area (Å²) in [6.07, 6.45) is 0.958. The maximum atomic E-state index is 5.11. The Balaban J connectivity index is 2.27. The van der Waals surface area contributed by atoms with Gasteiger partial charge >= 0.3 is 0 Å². The van der Waals surface area contributed by atoms with Gasteiger partial charge in [0.05, 0.1) is 6.61 Å². The fourth-order valence-corrected chi connectivity index (χ4v) is 1.59. The molecule has 46 valence electrons. The van der Waals surface area contributed by atoms with Crippen molar-refractivity contribution in [3.05, 3.63) is 0 Å². The molecule has 1 aliphatic rings. The van der Waals surface area contributed by atoms with Gasteiger partial charge in [0.25, 0.3) is 0 Å². The average Bonchev–Trinajstić information content (AvgIpc) is 1.94. The van der Waals surface area contributed by atoms with Gasteiger partial charge in [0, 0.05) is 17.9 Å². The van der Waals surface area contributed by atoms with Crippen LogP contribution in [0, 0.1) is 0 Å². The molecule has 1 rings (SSSR count). The van der Waals surface area contributed by atoms with Crippen LogP contribution in [-0.2, 0) is 4.74 Å². The lowest BCUT2D eigenvalue weighted by Crippen LogP contribution is -2.00. The third-order valence-corrected chi connectivity index (χ3v) is 2.21. The predicted octanol–water partition coefficient (Wildman–Crippen LogP) is 1.47. The molecule has 8 heavy (non-hydrogen) atoms. The first-order valence-corrected chi connectivity index (χ1v) is 4.19. The van der Waals surface area contributed by atoms with Crippen LogP contribution >= 0.6 is 24.0 Å². The molecule has 0 amide bonds. The van der Waals surface area contributed by atoms with Gasteiger partial charge in [0.2, 0.25) is 0 Å². The van der Waals surface area contributed by atoms with E-state index in [9.17, 15) is 0 Å². The van der Waals surface area contributed by atoms with Gasteiger partial charge in [-0.25, -0.2) is 0 Å². The van der Waals surface area contributed by atoms with Crippen LogP contribution in [0.5, 0.6) is 0 Å². The van der Waals surface area contributed by atoms with Crippen molar-refractivity contribution < 1.29 is 4.74 Å².